The van der Waals surface area contributed by atoms with Gasteiger partial charge in [-0.1, -0.05) is 24.3 Å². The molecular weight excluding hydrogens is 322 g/mol. The molecule has 0 atom stereocenters. The monoisotopic (exact) mass is 345 g/mol. The summed E-state index contributed by atoms with van der Waals surface area (Å²) in [5.41, 5.74) is 0.788. The second-order valence-electron chi connectivity index (χ2n) is 6.10. The first-order valence-electron chi connectivity index (χ1n) is 7.01. The van der Waals surface area contributed by atoms with E-state index >= 15 is 0 Å². The summed E-state index contributed by atoms with van der Waals surface area (Å²) in [5, 5.41) is 9.03. The summed E-state index contributed by atoms with van der Waals surface area (Å²) >= 11 is 0. The molecule has 7 nitrogen and oxygen atoms in total. The zero-order chi connectivity index (χ0) is 17.7. The summed E-state index contributed by atoms with van der Waals surface area (Å²) in [6.07, 6.45) is 0.239. The van der Waals surface area contributed by atoms with E-state index in [9.17, 15) is 13.2 Å². The maximum Gasteiger partial charge on any atom is 0.412 e. The standard InChI is InChI=1S/C15H23NO6S/c1-15(2,3)22-14(18)16(11-21-23(4,19)20)9-12-5-7-13(10-17)8-6-12/h5-8,17H,9-11H2,1-4H3. The number of aliphatic hydroxyl groups is 1. The Bertz CT molecular complexity index is 618. The fourth-order valence-corrected chi connectivity index (χ4v) is 1.94. The molecule has 130 valence electrons. The number of carbonyl (C=O) groups is 1. The van der Waals surface area contributed by atoms with Crippen molar-refractivity contribution in [2.45, 2.75) is 39.5 Å². The second-order valence-corrected chi connectivity index (χ2v) is 7.75. The molecule has 1 N–H and O–H groups in total. The maximum absolute atomic E-state index is 12.2. The third kappa shape index (κ3) is 7.96. The normalized spacial score (nSPS) is 12.0. The van der Waals surface area contributed by atoms with E-state index < -0.39 is 28.5 Å². The van der Waals surface area contributed by atoms with E-state index in [0.717, 1.165) is 22.3 Å². The SMILES string of the molecule is CC(C)(C)OC(=O)N(COS(C)(=O)=O)Cc1ccc(CO)cc1. The summed E-state index contributed by atoms with van der Waals surface area (Å²) in [5.74, 6) is 0. The summed E-state index contributed by atoms with van der Waals surface area (Å²) in [4.78, 5) is 13.3. The van der Waals surface area contributed by atoms with Crippen molar-refractivity contribution in [1.29, 1.82) is 0 Å². The van der Waals surface area contributed by atoms with Crippen molar-refractivity contribution < 1.29 is 27.2 Å². The fourth-order valence-electron chi connectivity index (χ4n) is 1.62. The maximum atomic E-state index is 12.2. The molecule has 1 rings (SSSR count). The zero-order valence-corrected chi connectivity index (χ0v) is 14.6. The van der Waals surface area contributed by atoms with Crippen LogP contribution in [-0.2, 0) is 32.2 Å². The van der Waals surface area contributed by atoms with E-state index in [1.54, 1.807) is 45.0 Å². The number of hydrogen-bond donors (Lipinski definition) is 1. The largest absolute Gasteiger partial charge is 0.444 e. The van der Waals surface area contributed by atoms with Crippen molar-refractivity contribution in [3.05, 3.63) is 35.4 Å². The van der Waals surface area contributed by atoms with Crippen molar-refractivity contribution >= 4 is 16.2 Å². The number of aliphatic hydroxyl groups excluding tert-OH is 1. The molecule has 0 unspecified atom stereocenters. The molecule has 8 heteroatoms. The van der Waals surface area contributed by atoms with Crippen molar-refractivity contribution in [2.75, 3.05) is 13.0 Å². The van der Waals surface area contributed by atoms with Crippen molar-refractivity contribution in [3.8, 4) is 0 Å². The highest BCUT2D eigenvalue weighted by Gasteiger charge is 2.23. The van der Waals surface area contributed by atoms with Gasteiger partial charge in [0, 0.05) is 0 Å². The van der Waals surface area contributed by atoms with Crippen LogP contribution in [0.5, 0.6) is 0 Å². The molecule has 0 saturated heterocycles. The van der Waals surface area contributed by atoms with Crippen LogP contribution in [0.1, 0.15) is 31.9 Å². The highest BCUT2D eigenvalue weighted by molar-refractivity contribution is 7.85. The van der Waals surface area contributed by atoms with E-state index in [0.29, 0.717) is 0 Å². The van der Waals surface area contributed by atoms with Gasteiger partial charge in [0.15, 0.2) is 0 Å². The van der Waals surface area contributed by atoms with Crippen LogP contribution >= 0.6 is 0 Å². The van der Waals surface area contributed by atoms with E-state index in [1.807, 2.05) is 0 Å². The lowest BCUT2D eigenvalue weighted by atomic mass is 10.1. The minimum Gasteiger partial charge on any atom is -0.444 e. The van der Waals surface area contributed by atoms with Crippen molar-refractivity contribution in [3.63, 3.8) is 0 Å². The Labute approximate surface area is 136 Å². The number of carbonyl (C=O) groups excluding carboxylic acids is 1. The Kier molecular flexibility index (Phi) is 6.55. The summed E-state index contributed by atoms with van der Waals surface area (Å²) < 4.78 is 32.3. The number of amides is 1. The van der Waals surface area contributed by atoms with E-state index in [2.05, 4.69) is 0 Å². The van der Waals surface area contributed by atoms with Crippen LogP contribution in [0.3, 0.4) is 0 Å². The molecule has 0 bridgehead atoms. The molecule has 0 fully saturated rings. The lowest BCUT2D eigenvalue weighted by Crippen LogP contribution is -2.38. The Morgan fingerprint density at radius 3 is 2.13 bits per heavy atom. The van der Waals surface area contributed by atoms with E-state index in [-0.39, 0.29) is 13.2 Å². The number of rotatable bonds is 6. The molecule has 0 spiro atoms. The average molecular weight is 345 g/mol. The van der Waals surface area contributed by atoms with Crippen LogP contribution in [0.4, 0.5) is 4.79 Å². The second kappa shape index (κ2) is 7.76. The van der Waals surface area contributed by atoms with Gasteiger partial charge in [-0.15, -0.1) is 0 Å². The van der Waals surface area contributed by atoms with E-state index in [1.165, 1.54) is 0 Å². The van der Waals surface area contributed by atoms with Gasteiger partial charge < -0.3 is 9.84 Å². The first kappa shape index (κ1) is 19.4. The molecule has 1 aromatic carbocycles. The van der Waals surface area contributed by atoms with Crippen LogP contribution in [0, 0.1) is 0 Å². The highest BCUT2D eigenvalue weighted by Crippen LogP contribution is 2.14. The van der Waals surface area contributed by atoms with Gasteiger partial charge >= 0.3 is 6.09 Å². The molecule has 0 aliphatic rings. The predicted octanol–water partition coefficient (Wildman–Crippen LogP) is 1.85. The molecule has 0 saturated carbocycles. The molecule has 0 radical (unpaired) electrons. The van der Waals surface area contributed by atoms with Crippen molar-refractivity contribution in [1.82, 2.24) is 4.90 Å². The molecule has 0 aliphatic heterocycles. The Morgan fingerprint density at radius 2 is 1.70 bits per heavy atom. The van der Waals surface area contributed by atoms with Crippen LogP contribution in [0.25, 0.3) is 0 Å². The first-order chi connectivity index (χ1) is 10.5. The average Bonchev–Trinajstić information content (AvgIpc) is 2.41. The minimum absolute atomic E-state index is 0.0761. The lowest BCUT2D eigenvalue weighted by Gasteiger charge is -2.27. The van der Waals surface area contributed by atoms with Crippen LogP contribution in [-0.4, -0.2) is 43.1 Å². The smallest absolute Gasteiger partial charge is 0.412 e. The Morgan fingerprint density at radius 1 is 1.17 bits per heavy atom. The summed E-state index contributed by atoms with van der Waals surface area (Å²) in [7, 11) is -3.68. The first-order valence-corrected chi connectivity index (χ1v) is 8.83. The minimum atomic E-state index is -3.68. The van der Waals surface area contributed by atoms with Crippen LogP contribution in [0.2, 0.25) is 0 Å². The molecule has 0 heterocycles. The highest BCUT2D eigenvalue weighted by atomic mass is 32.2. The molecular formula is C15H23NO6S. The topological polar surface area (TPSA) is 93.1 Å². The summed E-state index contributed by atoms with van der Waals surface area (Å²) in [6.45, 7) is 4.77. The third-order valence-electron chi connectivity index (χ3n) is 2.65. The molecule has 0 aromatic heterocycles. The lowest BCUT2D eigenvalue weighted by molar-refractivity contribution is 0.00873. The molecule has 1 aromatic rings. The van der Waals surface area contributed by atoms with Crippen LogP contribution in [0.15, 0.2) is 24.3 Å². The van der Waals surface area contributed by atoms with Gasteiger partial charge in [-0.25, -0.2) is 8.98 Å². The third-order valence-corrected chi connectivity index (χ3v) is 3.19. The quantitative estimate of drug-likeness (QED) is 0.625. The number of ether oxygens (including phenoxy) is 1. The molecule has 23 heavy (non-hydrogen) atoms. The van der Waals surface area contributed by atoms with Crippen LogP contribution < -0.4 is 0 Å². The zero-order valence-electron chi connectivity index (χ0n) is 13.8. The fraction of sp³-hybridized carbons (Fsp3) is 0.533. The molecule has 0 aliphatic carbocycles. The van der Waals surface area contributed by atoms with Gasteiger partial charge in [0.25, 0.3) is 10.1 Å². The number of hydrogen-bond acceptors (Lipinski definition) is 6. The number of benzene rings is 1. The van der Waals surface area contributed by atoms with Crippen molar-refractivity contribution in [2.24, 2.45) is 0 Å². The summed E-state index contributed by atoms with van der Waals surface area (Å²) in [6, 6.07) is 6.92. The molecule has 1 amide bonds. The van der Waals surface area contributed by atoms with Gasteiger partial charge in [-0.2, -0.15) is 8.42 Å². The van der Waals surface area contributed by atoms with Gasteiger partial charge in [-0.05, 0) is 31.9 Å². The predicted molar refractivity (Wildman–Crippen MR) is 84.9 cm³/mol. The van der Waals surface area contributed by atoms with Gasteiger partial charge in [-0.3, -0.25) is 4.90 Å². The van der Waals surface area contributed by atoms with Gasteiger partial charge in [0.1, 0.15) is 12.3 Å². The Balaban J connectivity index is 2.86. The van der Waals surface area contributed by atoms with Gasteiger partial charge in [0.05, 0.1) is 19.4 Å². The Hall–Kier alpha value is -1.64. The van der Waals surface area contributed by atoms with Gasteiger partial charge in [0.2, 0.25) is 0 Å². The van der Waals surface area contributed by atoms with E-state index in [4.69, 9.17) is 14.0 Å². The number of nitrogens with zero attached hydrogens (tertiary/aromatic N) is 1.